The van der Waals surface area contributed by atoms with Crippen LogP contribution in [-0.2, 0) is 4.79 Å². The van der Waals surface area contributed by atoms with E-state index in [2.05, 4.69) is 0 Å². The first-order chi connectivity index (χ1) is 10.2. The summed E-state index contributed by atoms with van der Waals surface area (Å²) >= 11 is 0. The van der Waals surface area contributed by atoms with Gasteiger partial charge < -0.3 is 0 Å². The van der Waals surface area contributed by atoms with Crippen molar-refractivity contribution in [2.24, 2.45) is 0 Å². The summed E-state index contributed by atoms with van der Waals surface area (Å²) in [6, 6.07) is 0. The fourth-order valence-corrected chi connectivity index (χ4v) is 1.94. The summed E-state index contributed by atoms with van der Waals surface area (Å²) in [4.78, 5) is 11.4. The van der Waals surface area contributed by atoms with Crippen molar-refractivity contribution in [2.45, 2.75) is 39.5 Å². The van der Waals surface area contributed by atoms with Crippen LogP contribution >= 0.6 is 0 Å². The van der Waals surface area contributed by atoms with E-state index >= 15 is 0 Å². The van der Waals surface area contributed by atoms with E-state index in [-0.39, 0.29) is 6.42 Å². The van der Waals surface area contributed by atoms with Gasteiger partial charge in [-0.1, -0.05) is 19.8 Å². The molecule has 0 bridgehead atoms. The van der Waals surface area contributed by atoms with E-state index in [0.717, 1.165) is 13.3 Å². The Labute approximate surface area is 123 Å². The molecule has 0 aliphatic carbocycles. The molecule has 1 aromatic rings. The Kier molecular flexibility index (Phi) is 6.20. The molecule has 0 heterocycles. The minimum Gasteiger partial charge on any atom is -0.295 e. The van der Waals surface area contributed by atoms with Gasteiger partial charge in [0.05, 0.1) is 5.56 Å². The van der Waals surface area contributed by atoms with Crippen molar-refractivity contribution in [3.63, 3.8) is 0 Å². The maximum Gasteiger partial charge on any atom is 0.200 e. The fraction of sp³-hybridized carbons (Fsp3) is 0.400. The number of ketones is 1. The number of carbonyl (C=O) groups is 1. The SMILES string of the molecule is CCCCCC(C(C)=O)=C(F)c1c(F)c(F)c(F)c(F)c1F. The smallest absolute Gasteiger partial charge is 0.200 e. The highest BCUT2D eigenvalue weighted by molar-refractivity contribution is 5.99. The molecule has 0 aromatic heterocycles. The molecular formula is C15H14F6O. The highest BCUT2D eigenvalue weighted by atomic mass is 19.2. The third-order valence-electron chi connectivity index (χ3n) is 3.15. The number of carbonyl (C=O) groups excluding carboxylic acids is 1. The number of halogens is 6. The van der Waals surface area contributed by atoms with Crippen molar-refractivity contribution in [1.82, 2.24) is 0 Å². The first-order valence-electron chi connectivity index (χ1n) is 6.65. The number of hydrogen-bond acceptors (Lipinski definition) is 1. The highest BCUT2D eigenvalue weighted by Gasteiger charge is 2.30. The predicted octanol–water partition coefficient (Wildman–Crippen LogP) is 5.23. The van der Waals surface area contributed by atoms with E-state index in [4.69, 9.17) is 0 Å². The summed E-state index contributed by atoms with van der Waals surface area (Å²) in [5.41, 5.74) is -2.28. The zero-order valence-electron chi connectivity index (χ0n) is 12.0. The summed E-state index contributed by atoms with van der Waals surface area (Å²) in [5, 5.41) is 0. The van der Waals surface area contributed by atoms with Crippen LogP contribution in [0.1, 0.15) is 45.1 Å². The minimum absolute atomic E-state index is 0.144. The van der Waals surface area contributed by atoms with Crippen LogP contribution < -0.4 is 0 Å². The van der Waals surface area contributed by atoms with Crippen LogP contribution in [0.2, 0.25) is 0 Å². The van der Waals surface area contributed by atoms with E-state index in [1.807, 2.05) is 6.92 Å². The van der Waals surface area contributed by atoms with Crippen molar-refractivity contribution in [1.29, 1.82) is 0 Å². The second kappa shape index (κ2) is 7.47. The van der Waals surface area contributed by atoms with Crippen LogP contribution in [0.3, 0.4) is 0 Å². The van der Waals surface area contributed by atoms with Gasteiger partial charge in [-0.25, -0.2) is 26.3 Å². The Bertz CT molecular complexity index is 592. The Morgan fingerprint density at radius 2 is 1.32 bits per heavy atom. The molecule has 122 valence electrons. The first kappa shape index (κ1) is 18.3. The van der Waals surface area contributed by atoms with Crippen molar-refractivity contribution < 1.29 is 31.1 Å². The topological polar surface area (TPSA) is 17.1 Å². The number of hydrogen-bond donors (Lipinski definition) is 0. The highest BCUT2D eigenvalue weighted by Crippen LogP contribution is 2.32. The number of benzene rings is 1. The van der Waals surface area contributed by atoms with Gasteiger partial charge in [0.15, 0.2) is 29.1 Å². The molecule has 0 atom stereocenters. The summed E-state index contributed by atoms with van der Waals surface area (Å²) in [5.74, 6) is -14.0. The largest absolute Gasteiger partial charge is 0.295 e. The maximum absolute atomic E-state index is 14.2. The molecular weight excluding hydrogens is 310 g/mol. The number of rotatable bonds is 6. The summed E-state index contributed by atoms with van der Waals surface area (Å²) in [7, 11) is 0. The molecule has 0 saturated carbocycles. The van der Waals surface area contributed by atoms with Gasteiger partial charge in [0, 0.05) is 5.57 Å². The quantitative estimate of drug-likeness (QED) is 0.230. The molecule has 0 amide bonds. The Morgan fingerprint density at radius 3 is 1.73 bits per heavy atom. The first-order valence-corrected chi connectivity index (χ1v) is 6.65. The molecule has 1 nitrogen and oxygen atoms in total. The van der Waals surface area contributed by atoms with Gasteiger partial charge in [-0.2, -0.15) is 0 Å². The van der Waals surface area contributed by atoms with Gasteiger partial charge in [-0.3, -0.25) is 4.79 Å². The third kappa shape index (κ3) is 3.51. The van der Waals surface area contributed by atoms with Crippen LogP contribution in [0.5, 0.6) is 0 Å². The van der Waals surface area contributed by atoms with Crippen LogP contribution in [0.4, 0.5) is 26.3 Å². The standard InChI is InChI=1S/C15H14F6O/c1-3-4-5-6-8(7(2)22)10(16)9-11(17)13(19)15(21)14(20)12(9)18/h3-6H2,1-2H3. The molecule has 0 fully saturated rings. The van der Waals surface area contributed by atoms with E-state index in [1.165, 1.54) is 0 Å². The summed E-state index contributed by atoms with van der Waals surface area (Å²) in [6.07, 6.45) is 1.58. The maximum atomic E-state index is 14.2. The number of unbranched alkanes of at least 4 members (excludes halogenated alkanes) is 2. The average Bonchev–Trinajstić information content (AvgIpc) is 2.47. The Balaban J connectivity index is 3.49. The lowest BCUT2D eigenvalue weighted by molar-refractivity contribution is -0.113. The van der Waals surface area contributed by atoms with Crippen LogP contribution in [0.25, 0.3) is 5.83 Å². The molecule has 0 N–H and O–H groups in total. The van der Waals surface area contributed by atoms with Crippen LogP contribution in [0, 0.1) is 29.1 Å². The lowest BCUT2D eigenvalue weighted by Crippen LogP contribution is -2.08. The van der Waals surface area contributed by atoms with Gasteiger partial charge in [0.1, 0.15) is 5.83 Å². The molecule has 0 spiro atoms. The van der Waals surface area contributed by atoms with Gasteiger partial charge in [-0.05, 0) is 19.8 Å². The lowest BCUT2D eigenvalue weighted by atomic mass is 9.99. The van der Waals surface area contributed by atoms with Crippen molar-refractivity contribution >= 4 is 11.6 Å². The second-order valence-electron chi connectivity index (χ2n) is 4.75. The predicted molar refractivity (Wildman–Crippen MR) is 69.1 cm³/mol. The average molecular weight is 324 g/mol. The Hall–Kier alpha value is -1.79. The molecule has 0 saturated heterocycles. The van der Waals surface area contributed by atoms with Gasteiger partial charge in [0.25, 0.3) is 0 Å². The molecule has 22 heavy (non-hydrogen) atoms. The molecule has 0 unspecified atom stereocenters. The summed E-state index contributed by atoms with van der Waals surface area (Å²) in [6.45, 7) is 2.81. The van der Waals surface area contributed by atoms with E-state index < -0.39 is 51.8 Å². The zero-order chi connectivity index (χ0) is 17.0. The molecule has 1 rings (SSSR count). The number of Topliss-reactive ketones (excluding diaryl/α,β-unsaturated/α-hetero) is 1. The monoisotopic (exact) mass is 324 g/mol. The second-order valence-corrected chi connectivity index (χ2v) is 4.75. The molecule has 1 aromatic carbocycles. The number of allylic oxidation sites excluding steroid dienone is 1. The Morgan fingerprint density at radius 1 is 0.864 bits per heavy atom. The molecule has 0 radical (unpaired) electrons. The lowest BCUT2D eigenvalue weighted by Gasteiger charge is -2.10. The van der Waals surface area contributed by atoms with Crippen molar-refractivity contribution in [2.75, 3.05) is 0 Å². The molecule has 0 aliphatic rings. The molecule has 0 aliphatic heterocycles. The van der Waals surface area contributed by atoms with E-state index in [9.17, 15) is 31.1 Å². The fourth-order valence-electron chi connectivity index (χ4n) is 1.94. The third-order valence-corrected chi connectivity index (χ3v) is 3.15. The van der Waals surface area contributed by atoms with Crippen molar-refractivity contribution in [3.8, 4) is 0 Å². The van der Waals surface area contributed by atoms with Crippen LogP contribution in [0.15, 0.2) is 5.57 Å². The minimum atomic E-state index is -2.37. The van der Waals surface area contributed by atoms with Gasteiger partial charge in [0.2, 0.25) is 5.82 Å². The van der Waals surface area contributed by atoms with Crippen molar-refractivity contribution in [3.05, 3.63) is 40.2 Å². The van der Waals surface area contributed by atoms with Gasteiger partial charge in [-0.15, -0.1) is 0 Å². The normalized spacial score (nSPS) is 12.4. The van der Waals surface area contributed by atoms with E-state index in [0.29, 0.717) is 12.8 Å². The van der Waals surface area contributed by atoms with E-state index in [1.54, 1.807) is 0 Å². The zero-order valence-corrected chi connectivity index (χ0v) is 12.0. The van der Waals surface area contributed by atoms with Crippen LogP contribution in [-0.4, -0.2) is 5.78 Å². The van der Waals surface area contributed by atoms with Gasteiger partial charge >= 0.3 is 0 Å². The molecule has 7 heteroatoms. The summed E-state index contributed by atoms with van der Waals surface area (Å²) < 4.78 is 80.5.